The zero-order valence-corrected chi connectivity index (χ0v) is 25.2. The molecule has 3 heterocycles. The standard InChI is InChI=1S/C28H30F2N8O3S2/c1-4-37-12-16(13-38(37)5-2)32-27(40)36-28-35-24(31)23(43-28)26-34-22(14-42-26)18-10-21(20(30)11-19(18)29)33-25(39)15-7-6-8-17(9-15)41-3/h6-11,14,16H,4-5,12-13,31H2,1-3H3,(H,33,39)(H2,32,35,36,40). The number of benzene rings is 2. The predicted octanol–water partition coefficient (Wildman–Crippen LogP) is 5.12. The van der Waals surface area contributed by atoms with Crippen LogP contribution in [0.15, 0.2) is 41.8 Å². The smallest absolute Gasteiger partial charge is 0.321 e. The third-order valence-corrected chi connectivity index (χ3v) is 8.79. The second-order valence-corrected chi connectivity index (χ2v) is 11.4. The maximum atomic E-state index is 14.9. The van der Waals surface area contributed by atoms with Crippen molar-refractivity contribution >= 4 is 51.2 Å². The first-order valence-corrected chi connectivity index (χ1v) is 15.1. The molecular weight excluding hydrogens is 598 g/mol. The van der Waals surface area contributed by atoms with Crippen LogP contribution in [0.4, 0.5) is 30.2 Å². The molecule has 1 aliphatic heterocycles. The van der Waals surface area contributed by atoms with Crippen LogP contribution in [0.3, 0.4) is 0 Å². The number of nitrogens with one attached hydrogen (secondary N) is 3. The Balaban J connectivity index is 1.29. The Bertz CT molecular complexity index is 1630. The van der Waals surface area contributed by atoms with Gasteiger partial charge in [0.25, 0.3) is 5.91 Å². The van der Waals surface area contributed by atoms with Gasteiger partial charge in [0.05, 0.1) is 24.5 Å². The van der Waals surface area contributed by atoms with Gasteiger partial charge in [-0.05, 0) is 24.3 Å². The number of nitrogen functional groups attached to an aromatic ring is 1. The van der Waals surface area contributed by atoms with Gasteiger partial charge in [-0.15, -0.1) is 11.3 Å². The molecule has 226 valence electrons. The number of hydrazine groups is 1. The third-order valence-electron chi connectivity index (χ3n) is 6.81. The number of likely N-dealkylation sites (N-methyl/N-ethyl adjacent to an activating group) is 2. The molecule has 1 aliphatic rings. The quantitative estimate of drug-likeness (QED) is 0.201. The van der Waals surface area contributed by atoms with Crippen molar-refractivity contribution in [3.8, 4) is 26.9 Å². The molecule has 0 saturated carbocycles. The molecule has 0 bridgehead atoms. The molecule has 1 fully saturated rings. The van der Waals surface area contributed by atoms with Crippen molar-refractivity contribution in [1.29, 1.82) is 0 Å². The Hall–Kier alpha value is -4.18. The lowest BCUT2D eigenvalue weighted by Gasteiger charge is -2.24. The number of carbonyl (C=O) groups excluding carboxylic acids is 2. The van der Waals surface area contributed by atoms with Gasteiger partial charge < -0.3 is 21.1 Å². The highest BCUT2D eigenvalue weighted by molar-refractivity contribution is 7.23. The Morgan fingerprint density at radius 3 is 2.51 bits per heavy atom. The molecule has 0 aliphatic carbocycles. The van der Waals surface area contributed by atoms with Gasteiger partial charge in [0, 0.05) is 48.8 Å². The van der Waals surface area contributed by atoms with Gasteiger partial charge >= 0.3 is 6.03 Å². The summed E-state index contributed by atoms with van der Waals surface area (Å²) < 4.78 is 34.6. The molecule has 0 spiro atoms. The molecule has 4 aromatic rings. The number of nitrogens with zero attached hydrogens (tertiary/aromatic N) is 4. The first kappa shape index (κ1) is 30.3. The van der Waals surface area contributed by atoms with Crippen LogP contribution in [-0.4, -0.2) is 71.3 Å². The SMILES string of the molecule is CCN1CC(NC(=O)Nc2nc(N)c(-c3nc(-c4cc(NC(=O)c5cccc(OC)c5)c(F)cc4F)cs3)s2)CN1CC. The molecule has 5 rings (SSSR count). The molecule has 3 amide bonds. The van der Waals surface area contributed by atoms with Crippen molar-refractivity contribution in [1.82, 2.24) is 25.3 Å². The van der Waals surface area contributed by atoms with E-state index in [9.17, 15) is 18.4 Å². The number of amides is 3. The van der Waals surface area contributed by atoms with Crippen LogP contribution < -0.4 is 26.4 Å². The number of nitrogens with two attached hydrogens (primary N) is 1. The number of hydrogen-bond acceptors (Lipinski definition) is 10. The Morgan fingerprint density at radius 2 is 1.81 bits per heavy atom. The summed E-state index contributed by atoms with van der Waals surface area (Å²) in [6, 6.07) is 7.82. The lowest BCUT2D eigenvalue weighted by molar-refractivity contribution is 0.0388. The van der Waals surface area contributed by atoms with E-state index >= 15 is 0 Å². The first-order chi connectivity index (χ1) is 20.7. The van der Waals surface area contributed by atoms with Crippen molar-refractivity contribution in [2.24, 2.45) is 0 Å². The van der Waals surface area contributed by atoms with E-state index in [4.69, 9.17) is 10.5 Å². The van der Waals surface area contributed by atoms with E-state index in [2.05, 4.69) is 49.8 Å². The van der Waals surface area contributed by atoms with Gasteiger partial charge in [0.1, 0.15) is 33.1 Å². The second-order valence-electron chi connectivity index (χ2n) is 9.58. The summed E-state index contributed by atoms with van der Waals surface area (Å²) in [6.45, 7) is 7.29. The van der Waals surface area contributed by atoms with Crippen LogP contribution in [0.5, 0.6) is 5.75 Å². The van der Waals surface area contributed by atoms with Gasteiger partial charge in [-0.2, -0.15) is 0 Å². The fourth-order valence-corrected chi connectivity index (χ4v) is 6.50. The van der Waals surface area contributed by atoms with E-state index < -0.39 is 23.6 Å². The largest absolute Gasteiger partial charge is 0.497 e. The van der Waals surface area contributed by atoms with E-state index in [1.54, 1.807) is 23.6 Å². The number of halogens is 2. The summed E-state index contributed by atoms with van der Waals surface area (Å²) in [4.78, 5) is 34.6. The molecule has 1 saturated heterocycles. The van der Waals surface area contributed by atoms with Crippen LogP contribution in [0.25, 0.3) is 21.1 Å². The van der Waals surface area contributed by atoms with Crippen molar-refractivity contribution in [2.75, 3.05) is 49.7 Å². The number of ether oxygens (including phenoxy) is 1. The molecule has 0 radical (unpaired) electrons. The number of urea groups is 1. The van der Waals surface area contributed by atoms with Gasteiger partial charge in [0.15, 0.2) is 5.13 Å². The second kappa shape index (κ2) is 13.0. The third kappa shape index (κ3) is 6.74. The normalized spacial score (nSPS) is 14.2. The fourth-order valence-electron chi connectivity index (χ4n) is 4.71. The Morgan fingerprint density at radius 1 is 1.07 bits per heavy atom. The molecule has 15 heteroatoms. The van der Waals surface area contributed by atoms with E-state index in [0.717, 1.165) is 37.5 Å². The lowest BCUT2D eigenvalue weighted by atomic mass is 10.1. The first-order valence-electron chi connectivity index (χ1n) is 13.4. The number of rotatable bonds is 9. The summed E-state index contributed by atoms with van der Waals surface area (Å²) in [5.74, 6) is -1.75. The zero-order chi connectivity index (χ0) is 30.7. The highest BCUT2D eigenvalue weighted by atomic mass is 32.1. The molecule has 2 aromatic carbocycles. The summed E-state index contributed by atoms with van der Waals surface area (Å²) in [5.41, 5.74) is 6.38. The molecular formula is C28H30F2N8O3S2. The van der Waals surface area contributed by atoms with Crippen LogP contribution in [0.1, 0.15) is 24.2 Å². The van der Waals surface area contributed by atoms with Gasteiger partial charge in [-0.25, -0.2) is 33.6 Å². The highest BCUT2D eigenvalue weighted by Crippen LogP contribution is 2.39. The molecule has 11 nitrogen and oxygen atoms in total. The average molecular weight is 629 g/mol. The topological polar surface area (TPSA) is 138 Å². The van der Waals surface area contributed by atoms with Gasteiger partial charge in [0.2, 0.25) is 0 Å². The molecule has 0 atom stereocenters. The van der Waals surface area contributed by atoms with Crippen LogP contribution in [0, 0.1) is 11.6 Å². The number of anilines is 3. The number of carbonyl (C=O) groups is 2. The summed E-state index contributed by atoms with van der Waals surface area (Å²) >= 11 is 2.32. The van der Waals surface area contributed by atoms with E-state index in [0.29, 0.717) is 21.7 Å². The Kier molecular flexibility index (Phi) is 9.15. The van der Waals surface area contributed by atoms with E-state index in [1.165, 1.54) is 30.6 Å². The molecule has 2 aromatic heterocycles. The lowest BCUT2D eigenvalue weighted by Crippen LogP contribution is -2.41. The van der Waals surface area contributed by atoms with Crippen LogP contribution in [0.2, 0.25) is 0 Å². The van der Waals surface area contributed by atoms with Crippen LogP contribution in [-0.2, 0) is 0 Å². The number of hydrogen-bond donors (Lipinski definition) is 4. The predicted molar refractivity (Wildman–Crippen MR) is 164 cm³/mol. The summed E-state index contributed by atoms with van der Waals surface area (Å²) in [7, 11) is 1.47. The minimum Gasteiger partial charge on any atom is -0.497 e. The van der Waals surface area contributed by atoms with Crippen molar-refractivity contribution < 1.29 is 23.1 Å². The highest BCUT2D eigenvalue weighted by Gasteiger charge is 2.29. The number of thiazole rings is 2. The van der Waals surface area contributed by atoms with Gasteiger partial charge in [-0.3, -0.25) is 10.1 Å². The average Bonchev–Trinajstić information content (AvgIpc) is 3.72. The van der Waals surface area contributed by atoms with Crippen LogP contribution >= 0.6 is 22.7 Å². The maximum absolute atomic E-state index is 14.9. The van der Waals surface area contributed by atoms with Crippen molar-refractivity contribution in [2.45, 2.75) is 19.9 Å². The fraction of sp³-hybridized carbons (Fsp3) is 0.286. The van der Waals surface area contributed by atoms with E-state index in [1.807, 2.05) is 0 Å². The minimum absolute atomic E-state index is 0.00975. The van der Waals surface area contributed by atoms with Crippen molar-refractivity contribution in [3.05, 3.63) is 59.0 Å². The monoisotopic (exact) mass is 628 g/mol. The van der Waals surface area contributed by atoms with E-state index in [-0.39, 0.29) is 39.5 Å². The zero-order valence-electron chi connectivity index (χ0n) is 23.6. The summed E-state index contributed by atoms with van der Waals surface area (Å²) in [6.07, 6.45) is 0. The number of aromatic nitrogens is 2. The molecule has 5 N–H and O–H groups in total. The van der Waals surface area contributed by atoms with Crippen molar-refractivity contribution in [3.63, 3.8) is 0 Å². The molecule has 0 unspecified atom stereocenters. The maximum Gasteiger partial charge on any atom is 0.321 e. The number of methoxy groups -OCH3 is 1. The summed E-state index contributed by atoms with van der Waals surface area (Å²) in [5, 5.41) is 14.9. The van der Waals surface area contributed by atoms with Gasteiger partial charge in [-0.1, -0.05) is 31.3 Å². The Labute approximate surface area is 254 Å². The minimum atomic E-state index is -0.934. The molecule has 43 heavy (non-hydrogen) atoms.